The number of benzene rings is 3. The number of rotatable bonds is 10. The number of para-hydroxylation sites is 3. The summed E-state index contributed by atoms with van der Waals surface area (Å²) in [6.07, 6.45) is 1.43. The van der Waals surface area contributed by atoms with Gasteiger partial charge in [0.25, 0.3) is 15.7 Å². The Morgan fingerprint density at radius 2 is 1.68 bits per heavy atom. The summed E-state index contributed by atoms with van der Waals surface area (Å²) in [5, 5.41) is 15.7. The first-order valence-corrected chi connectivity index (χ1v) is 11.7. The van der Waals surface area contributed by atoms with Crippen LogP contribution in [0.1, 0.15) is 19.4 Å². The number of methoxy groups -OCH3 is 1. The van der Waals surface area contributed by atoms with Gasteiger partial charge in [-0.1, -0.05) is 24.3 Å². The number of hydrogen-bond acceptors (Lipinski definition) is 8. The molecule has 0 heterocycles. The molecule has 178 valence electrons. The van der Waals surface area contributed by atoms with Gasteiger partial charge in [0, 0.05) is 11.6 Å². The SMILES string of the molecule is COc1ccccc1NS(=O)(=O)c1ccc(N/N=C\c2ccccc2OC(C)C)c([N+](=O)[O-])c1. The number of hydrazone groups is 1. The van der Waals surface area contributed by atoms with Crippen LogP contribution in [0, 0.1) is 10.1 Å². The number of sulfonamides is 1. The fourth-order valence-corrected chi connectivity index (χ4v) is 4.07. The van der Waals surface area contributed by atoms with Crippen LogP contribution >= 0.6 is 0 Å². The molecule has 0 unspecified atom stereocenters. The van der Waals surface area contributed by atoms with E-state index in [4.69, 9.17) is 9.47 Å². The van der Waals surface area contributed by atoms with Crippen molar-refractivity contribution in [3.63, 3.8) is 0 Å². The molecule has 10 nitrogen and oxygen atoms in total. The highest BCUT2D eigenvalue weighted by Crippen LogP contribution is 2.30. The van der Waals surface area contributed by atoms with E-state index in [1.165, 1.54) is 31.5 Å². The van der Waals surface area contributed by atoms with Crippen LogP contribution in [0.25, 0.3) is 0 Å². The van der Waals surface area contributed by atoms with Gasteiger partial charge >= 0.3 is 0 Å². The quantitative estimate of drug-likeness (QED) is 0.243. The highest BCUT2D eigenvalue weighted by atomic mass is 32.2. The first kappa shape index (κ1) is 24.5. The standard InChI is InChI=1S/C23H24N4O6S/c1-16(2)33-22-10-6-4-8-17(22)15-24-25-19-13-12-18(14-21(19)27(28)29)34(30,31)26-20-9-5-7-11-23(20)32-3/h4-16,25-26H,1-3H3/b24-15-. The zero-order valence-electron chi connectivity index (χ0n) is 18.8. The van der Waals surface area contributed by atoms with Gasteiger partial charge in [-0.15, -0.1) is 0 Å². The summed E-state index contributed by atoms with van der Waals surface area (Å²) in [5.74, 6) is 0.927. The van der Waals surface area contributed by atoms with E-state index < -0.39 is 20.6 Å². The molecule has 3 aromatic carbocycles. The fraction of sp³-hybridized carbons (Fsp3) is 0.174. The first-order chi connectivity index (χ1) is 16.2. The third kappa shape index (κ3) is 6.01. The summed E-state index contributed by atoms with van der Waals surface area (Å²) in [7, 11) is -2.71. The molecule has 0 bridgehead atoms. The van der Waals surface area contributed by atoms with Gasteiger partial charge in [-0.25, -0.2) is 8.42 Å². The number of hydrogen-bond donors (Lipinski definition) is 2. The molecule has 0 aliphatic rings. The number of nitro groups is 1. The average Bonchev–Trinajstić information content (AvgIpc) is 2.80. The molecule has 2 N–H and O–H groups in total. The van der Waals surface area contributed by atoms with E-state index in [1.54, 1.807) is 30.3 Å². The van der Waals surface area contributed by atoms with E-state index in [1.807, 2.05) is 26.0 Å². The number of nitrogens with one attached hydrogen (secondary N) is 2. The third-order valence-electron chi connectivity index (χ3n) is 4.50. The predicted octanol–water partition coefficient (Wildman–Crippen LogP) is 4.64. The van der Waals surface area contributed by atoms with Gasteiger partial charge in [-0.2, -0.15) is 5.10 Å². The van der Waals surface area contributed by atoms with Crippen molar-refractivity contribution in [1.29, 1.82) is 0 Å². The van der Waals surface area contributed by atoms with Crippen molar-refractivity contribution in [2.75, 3.05) is 17.3 Å². The Morgan fingerprint density at radius 1 is 1.00 bits per heavy atom. The van der Waals surface area contributed by atoms with Crippen molar-refractivity contribution >= 4 is 33.3 Å². The molecule has 0 spiro atoms. The summed E-state index contributed by atoms with van der Waals surface area (Å²) >= 11 is 0. The Morgan fingerprint density at radius 3 is 2.35 bits per heavy atom. The molecular weight excluding hydrogens is 460 g/mol. The van der Waals surface area contributed by atoms with E-state index in [2.05, 4.69) is 15.2 Å². The molecule has 0 saturated carbocycles. The Labute approximate surface area is 197 Å². The summed E-state index contributed by atoms with van der Waals surface area (Å²) in [4.78, 5) is 10.7. The highest BCUT2D eigenvalue weighted by Gasteiger charge is 2.22. The minimum absolute atomic E-state index is 0.0275. The second-order valence-corrected chi connectivity index (χ2v) is 9.00. The van der Waals surface area contributed by atoms with Crippen molar-refractivity contribution in [1.82, 2.24) is 0 Å². The second kappa shape index (κ2) is 10.7. The first-order valence-electron chi connectivity index (χ1n) is 10.2. The minimum Gasteiger partial charge on any atom is -0.495 e. The average molecular weight is 485 g/mol. The summed E-state index contributed by atoms with van der Waals surface area (Å²) in [5.41, 5.74) is 3.07. The van der Waals surface area contributed by atoms with E-state index in [9.17, 15) is 18.5 Å². The van der Waals surface area contributed by atoms with E-state index in [0.717, 1.165) is 6.07 Å². The van der Waals surface area contributed by atoms with Crippen LogP contribution in [0.3, 0.4) is 0 Å². The van der Waals surface area contributed by atoms with Gasteiger partial charge in [0.1, 0.15) is 17.2 Å². The molecule has 0 amide bonds. The molecule has 0 aromatic heterocycles. The topological polar surface area (TPSA) is 132 Å². The summed E-state index contributed by atoms with van der Waals surface area (Å²) in [6.45, 7) is 3.79. The molecule has 3 aromatic rings. The third-order valence-corrected chi connectivity index (χ3v) is 5.86. The van der Waals surface area contributed by atoms with Crippen molar-refractivity contribution in [2.24, 2.45) is 5.10 Å². The maximum atomic E-state index is 12.8. The molecular formula is C23H24N4O6S. The van der Waals surface area contributed by atoms with E-state index >= 15 is 0 Å². The number of nitrogens with zero attached hydrogens (tertiary/aromatic N) is 2. The predicted molar refractivity (Wildman–Crippen MR) is 130 cm³/mol. The lowest BCUT2D eigenvalue weighted by Crippen LogP contribution is -2.14. The largest absolute Gasteiger partial charge is 0.495 e. The van der Waals surface area contributed by atoms with E-state index in [-0.39, 0.29) is 22.4 Å². The van der Waals surface area contributed by atoms with Gasteiger partial charge < -0.3 is 9.47 Å². The minimum atomic E-state index is -4.12. The molecule has 0 fully saturated rings. The maximum Gasteiger partial charge on any atom is 0.295 e. The maximum absolute atomic E-state index is 12.8. The monoisotopic (exact) mass is 484 g/mol. The molecule has 3 rings (SSSR count). The van der Waals surface area contributed by atoms with Gasteiger partial charge in [-0.05, 0) is 50.2 Å². The second-order valence-electron chi connectivity index (χ2n) is 7.32. The summed E-state index contributed by atoms with van der Waals surface area (Å²) < 4.78 is 38.9. The number of anilines is 2. The lowest BCUT2D eigenvalue weighted by Gasteiger charge is -2.12. The Hall–Kier alpha value is -4.12. The highest BCUT2D eigenvalue weighted by molar-refractivity contribution is 7.92. The van der Waals surface area contributed by atoms with Crippen LogP contribution in [0.15, 0.2) is 76.7 Å². The van der Waals surface area contributed by atoms with Crippen LogP contribution in [0.4, 0.5) is 17.1 Å². The fourth-order valence-electron chi connectivity index (χ4n) is 2.98. The van der Waals surface area contributed by atoms with Crippen molar-refractivity contribution < 1.29 is 22.8 Å². The Kier molecular flexibility index (Phi) is 7.69. The zero-order chi connectivity index (χ0) is 24.7. The van der Waals surface area contributed by atoms with Gasteiger partial charge in [0.2, 0.25) is 0 Å². The van der Waals surface area contributed by atoms with Crippen molar-refractivity contribution in [3.8, 4) is 11.5 Å². The van der Waals surface area contributed by atoms with Gasteiger partial charge in [0.05, 0.1) is 34.9 Å². The number of ether oxygens (including phenoxy) is 2. The molecule has 11 heteroatoms. The molecule has 0 aliphatic carbocycles. The van der Waals surface area contributed by atoms with Crippen LogP contribution in [0.2, 0.25) is 0 Å². The number of nitro benzene ring substituents is 1. The molecule has 0 aliphatic heterocycles. The van der Waals surface area contributed by atoms with Crippen LogP contribution in [0.5, 0.6) is 11.5 Å². The Bertz CT molecular complexity index is 1310. The van der Waals surface area contributed by atoms with Crippen LogP contribution in [-0.2, 0) is 10.0 Å². The summed E-state index contributed by atoms with van der Waals surface area (Å²) in [6, 6.07) is 17.2. The van der Waals surface area contributed by atoms with E-state index in [0.29, 0.717) is 17.1 Å². The van der Waals surface area contributed by atoms with Crippen LogP contribution in [-0.4, -0.2) is 32.8 Å². The van der Waals surface area contributed by atoms with Crippen molar-refractivity contribution in [2.45, 2.75) is 24.8 Å². The smallest absolute Gasteiger partial charge is 0.295 e. The van der Waals surface area contributed by atoms with Crippen molar-refractivity contribution in [3.05, 3.63) is 82.4 Å². The van der Waals surface area contributed by atoms with Crippen LogP contribution < -0.4 is 19.6 Å². The lowest BCUT2D eigenvalue weighted by molar-refractivity contribution is -0.384. The molecule has 34 heavy (non-hydrogen) atoms. The zero-order valence-corrected chi connectivity index (χ0v) is 19.6. The lowest BCUT2D eigenvalue weighted by atomic mass is 10.2. The normalized spacial score (nSPS) is 11.4. The molecule has 0 atom stereocenters. The van der Waals surface area contributed by atoms with Gasteiger partial charge in [-0.3, -0.25) is 20.3 Å². The Balaban J connectivity index is 1.85. The molecule has 0 radical (unpaired) electrons. The molecule has 0 saturated heterocycles. The van der Waals surface area contributed by atoms with Gasteiger partial charge in [0.15, 0.2) is 0 Å².